The van der Waals surface area contributed by atoms with Gasteiger partial charge in [0.25, 0.3) is 0 Å². The molecule has 1 saturated heterocycles. The lowest BCUT2D eigenvalue weighted by atomic mass is 10.0. The smallest absolute Gasteiger partial charge is 0.243 e. The number of carbonyl (C=O) groups excluding carboxylic acids is 2. The Bertz CT molecular complexity index is 1090. The van der Waals surface area contributed by atoms with Gasteiger partial charge in [-0.15, -0.1) is 11.3 Å². The number of nitrogens with one attached hydrogen (secondary N) is 1. The topological polar surface area (TPSA) is 88.3 Å². The van der Waals surface area contributed by atoms with Gasteiger partial charge in [-0.2, -0.15) is 0 Å². The zero-order valence-electron chi connectivity index (χ0n) is 18.6. The van der Waals surface area contributed by atoms with Gasteiger partial charge in [-0.25, -0.2) is 4.98 Å². The first-order valence-corrected chi connectivity index (χ1v) is 11.9. The first-order chi connectivity index (χ1) is 15.5. The Labute approximate surface area is 191 Å². The Hall–Kier alpha value is -3.00. The van der Waals surface area contributed by atoms with Crippen LogP contribution in [0.5, 0.6) is 0 Å². The lowest BCUT2D eigenvalue weighted by Crippen LogP contribution is -2.47. The molecule has 4 rings (SSSR count). The zero-order chi connectivity index (χ0) is 22.7. The number of hydrogen-bond donors (Lipinski definition) is 1. The van der Waals surface area contributed by atoms with E-state index >= 15 is 0 Å². The molecule has 7 nitrogen and oxygen atoms in total. The predicted octanol–water partition coefficient (Wildman–Crippen LogP) is 4.22. The van der Waals surface area contributed by atoms with Crippen molar-refractivity contribution in [1.29, 1.82) is 0 Å². The van der Waals surface area contributed by atoms with Crippen molar-refractivity contribution in [2.75, 3.05) is 6.54 Å². The fourth-order valence-electron chi connectivity index (χ4n) is 4.21. The monoisotopic (exact) mass is 452 g/mol. The minimum absolute atomic E-state index is 0.0643. The third kappa shape index (κ3) is 4.60. The van der Waals surface area contributed by atoms with E-state index in [4.69, 9.17) is 4.52 Å². The van der Waals surface area contributed by atoms with E-state index in [-0.39, 0.29) is 11.8 Å². The third-order valence-corrected chi connectivity index (χ3v) is 6.94. The number of nitrogens with zero attached hydrogens (tertiary/aromatic N) is 3. The van der Waals surface area contributed by atoms with E-state index in [1.165, 1.54) is 0 Å². The summed E-state index contributed by atoms with van der Waals surface area (Å²) in [5.74, 6) is -0.0166. The molecule has 1 N–H and O–H groups in total. The molecule has 1 aliphatic rings. The molecule has 8 heteroatoms. The molecule has 1 aliphatic heterocycles. The Balaban J connectivity index is 1.38. The number of likely N-dealkylation sites (tertiary alicyclic amines) is 1. The van der Waals surface area contributed by atoms with Crippen molar-refractivity contribution in [3.05, 3.63) is 58.6 Å². The fourth-order valence-corrected chi connectivity index (χ4v) is 5.02. The molecule has 0 radical (unpaired) electrons. The first-order valence-electron chi connectivity index (χ1n) is 11.0. The van der Waals surface area contributed by atoms with E-state index < -0.39 is 12.0 Å². The summed E-state index contributed by atoms with van der Waals surface area (Å²) in [7, 11) is 0. The van der Waals surface area contributed by atoms with Crippen molar-refractivity contribution in [3.8, 4) is 10.4 Å². The minimum Gasteiger partial charge on any atom is -0.360 e. The Morgan fingerprint density at radius 1 is 1.28 bits per heavy atom. The highest BCUT2D eigenvalue weighted by molar-refractivity contribution is 7.13. The van der Waals surface area contributed by atoms with Gasteiger partial charge in [0.15, 0.2) is 0 Å². The highest BCUT2D eigenvalue weighted by atomic mass is 32.1. The number of aromatic nitrogens is 2. The summed E-state index contributed by atoms with van der Waals surface area (Å²) in [4.78, 5) is 33.3. The number of rotatable bonds is 7. The Morgan fingerprint density at radius 3 is 2.69 bits per heavy atom. The molecule has 0 bridgehead atoms. The molecule has 1 aromatic carbocycles. The van der Waals surface area contributed by atoms with Crippen molar-refractivity contribution in [2.24, 2.45) is 0 Å². The molecular formula is C24H28N4O3S. The third-order valence-electron chi connectivity index (χ3n) is 5.96. The molecule has 0 spiro atoms. The summed E-state index contributed by atoms with van der Waals surface area (Å²) in [6.07, 6.45) is 2.09. The molecule has 2 atom stereocenters. The standard InChI is InChI=1S/C24H28N4O3S/c1-4-19(21-12-15(2)27-31-21)24(30)28-11-5-6-20(28)23(29)25-13-17-7-9-18(10-8-17)22-16(3)26-14-32-22/h7-10,12,14,19-20H,4-6,11,13H2,1-3H3,(H,25,29)/t19?,20-/m0/s1. The first kappa shape index (κ1) is 22.2. The maximum absolute atomic E-state index is 13.2. The van der Waals surface area contributed by atoms with Gasteiger partial charge in [0.05, 0.1) is 27.7 Å². The number of carbonyl (C=O) groups is 2. The van der Waals surface area contributed by atoms with Crippen LogP contribution in [0.3, 0.4) is 0 Å². The van der Waals surface area contributed by atoms with Crippen molar-refractivity contribution in [1.82, 2.24) is 20.4 Å². The van der Waals surface area contributed by atoms with E-state index in [2.05, 4.69) is 27.6 Å². The maximum atomic E-state index is 13.2. The van der Waals surface area contributed by atoms with E-state index in [0.29, 0.717) is 31.7 Å². The molecule has 32 heavy (non-hydrogen) atoms. The molecule has 0 saturated carbocycles. The van der Waals surface area contributed by atoms with Crippen LogP contribution in [-0.4, -0.2) is 39.4 Å². The minimum atomic E-state index is -0.445. The van der Waals surface area contributed by atoms with Gasteiger partial charge in [-0.3, -0.25) is 9.59 Å². The molecular weight excluding hydrogens is 424 g/mol. The van der Waals surface area contributed by atoms with Crippen LogP contribution < -0.4 is 5.32 Å². The van der Waals surface area contributed by atoms with Crippen molar-refractivity contribution >= 4 is 23.2 Å². The summed E-state index contributed by atoms with van der Waals surface area (Å²) in [6.45, 7) is 6.80. The largest absolute Gasteiger partial charge is 0.360 e. The lowest BCUT2D eigenvalue weighted by Gasteiger charge is -2.27. The van der Waals surface area contributed by atoms with Gasteiger partial charge < -0.3 is 14.7 Å². The van der Waals surface area contributed by atoms with Gasteiger partial charge in [0.1, 0.15) is 11.8 Å². The summed E-state index contributed by atoms with van der Waals surface area (Å²) < 4.78 is 5.34. The SMILES string of the molecule is CCC(C(=O)N1CCC[C@H]1C(=O)NCc1ccc(-c2scnc2C)cc1)c1cc(C)no1. The molecule has 1 fully saturated rings. The van der Waals surface area contributed by atoms with Crippen LogP contribution in [0.25, 0.3) is 10.4 Å². The van der Waals surface area contributed by atoms with Crippen LogP contribution in [0.1, 0.15) is 54.8 Å². The summed E-state index contributed by atoms with van der Waals surface area (Å²) >= 11 is 1.62. The van der Waals surface area contributed by atoms with Gasteiger partial charge in [0.2, 0.25) is 11.8 Å². The van der Waals surface area contributed by atoms with E-state index in [1.54, 1.807) is 22.3 Å². The van der Waals surface area contributed by atoms with E-state index in [9.17, 15) is 9.59 Å². The summed E-state index contributed by atoms with van der Waals surface area (Å²) in [5, 5.41) is 6.92. The number of hydrogen-bond acceptors (Lipinski definition) is 6. The van der Waals surface area contributed by atoms with Crippen LogP contribution in [-0.2, 0) is 16.1 Å². The highest BCUT2D eigenvalue weighted by Gasteiger charge is 2.38. The Kier molecular flexibility index (Phi) is 6.69. The van der Waals surface area contributed by atoms with Crippen LogP contribution in [0.15, 0.2) is 40.4 Å². The fraction of sp³-hybridized carbons (Fsp3) is 0.417. The molecule has 3 heterocycles. The van der Waals surface area contributed by atoms with Crippen molar-refractivity contribution < 1.29 is 14.1 Å². The number of benzene rings is 1. The second kappa shape index (κ2) is 9.65. The van der Waals surface area contributed by atoms with Crippen LogP contribution >= 0.6 is 11.3 Å². The maximum Gasteiger partial charge on any atom is 0.243 e. The second-order valence-electron chi connectivity index (χ2n) is 8.20. The molecule has 1 unspecified atom stereocenters. The summed E-state index contributed by atoms with van der Waals surface area (Å²) in [5.41, 5.74) is 5.76. The Morgan fingerprint density at radius 2 is 2.06 bits per heavy atom. The number of amides is 2. The summed E-state index contributed by atoms with van der Waals surface area (Å²) in [6, 6.07) is 9.50. The second-order valence-corrected chi connectivity index (χ2v) is 9.06. The molecule has 2 amide bonds. The zero-order valence-corrected chi connectivity index (χ0v) is 19.4. The average Bonchev–Trinajstić information content (AvgIpc) is 3.54. The molecule has 168 valence electrons. The van der Waals surface area contributed by atoms with Gasteiger partial charge in [0, 0.05) is 19.2 Å². The van der Waals surface area contributed by atoms with E-state index in [1.807, 2.05) is 38.4 Å². The lowest BCUT2D eigenvalue weighted by molar-refractivity contribution is -0.140. The molecule has 0 aliphatic carbocycles. The molecule has 3 aromatic rings. The van der Waals surface area contributed by atoms with Gasteiger partial charge in [-0.1, -0.05) is 36.3 Å². The molecule has 2 aromatic heterocycles. The van der Waals surface area contributed by atoms with E-state index in [0.717, 1.165) is 33.8 Å². The van der Waals surface area contributed by atoms with Crippen molar-refractivity contribution in [3.63, 3.8) is 0 Å². The number of aryl methyl sites for hydroxylation is 2. The normalized spacial score (nSPS) is 16.8. The van der Waals surface area contributed by atoms with Crippen LogP contribution in [0.4, 0.5) is 0 Å². The van der Waals surface area contributed by atoms with Gasteiger partial charge >= 0.3 is 0 Å². The van der Waals surface area contributed by atoms with Crippen molar-refractivity contribution in [2.45, 2.75) is 58.5 Å². The van der Waals surface area contributed by atoms with Crippen LogP contribution in [0.2, 0.25) is 0 Å². The highest BCUT2D eigenvalue weighted by Crippen LogP contribution is 2.29. The number of thiazole rings is 1. The predicted molar refractivity (Wildman–Crippen MR) is 123 cm³/mol. The quantitative estimate of drug-likeness (QED) is 0.580. The van der Waals surface area contributed by atoms with Gasteiger partial charge in [-0.05, 0) is 44.2 Å². The average molecular weight is 453 g/mol. The van der Waals surface area contributed by atoms with Crippen LogP contribution in [0, 0.1) is 13.8 Å².